The van der Waals surface area contributed by atoms with E-state index in [1.165, 1.54) is 12.1 Å². The van der Waals surface area contributed by atoms with Crippen LogP contribution in [0, 0.1) is 5.41 Å². The molecule has 0 fully saturated rings. The summed E-state index contributed by atoms with van der Waals surface area (Å²) in [6, 6.07) is 2.74. The second-order valence-electron chi connectivity index (χ2n) is 7.21. The topological polar surface area (TPSA) is 28.4 Å². The van der Waals surface area contributed by atoms with E-state index in [0.717, 1.165) is 31.5 Å². The highest BCUT2D eigenvalue weighted by Crippen LogP contribution is 2.40. The van der Waals surface area contributed by atoms with Crippen molar-refractivity contribution in [2.45, 2.75) is 65.6 Å². The molecule has 0 radical (unpaired) electrons. The van der Waals surface area contributed by atoms with Crippen LogP contribution in [-0.4, -0.2) is 34.2 Å². The summed E-state index contributed by atoms with van der Waals surface area (Å²) >= 11 is 0. The summed E-state index contributed by atoms with van der Waals surface area (Å²) in [6.07, 6.45) is 4.99. The molecule has 20 heavy (non-hydrogen) atoms. The molecule has 1 heterocycles. The number of hydrogen-bond acceptors (Lipinski definition) is 2. The minimum Gasteiger partial charge on any atom is -0.388 e. The van der Waals surface area contributed by atoms with E-state index in [1.807, 2.05) is 0 Å². The maximum absolute atomic E-state index is 10.3. The summed E-state index contributed by atoms with van der Waals surface area (Å²) in [4.78, 5) is 2.41. The first kappa shape index (κ1) is 15.6. The molecule has 0 spiro atoms. The van der Waals surface area contributed by atoms with Crippen molar-refractivity contribution in [2.75, 3.05) is 13.6 Å². The van der Waals surface area contributed by atoms with E-state index in [4.69, 9.17) is 0 Å². The van der Waals surface area contributed by atoms with Crippen molar-refractivity contribution in [3.63, 3.8) is 0 Å². The molecular weight excluding hydrogens is 248 g/mol. The van der Waals surface area contributed by atoms with Gasteiger partial charge in [-0.05, 0) is 44.7 Å². The molecule has 1 aromatic rings. The average Bonchev–Trinajstić information content (AvgIpc) is 2.76. The molecule has 2 rings (SSSR count). The Balaban J connectivity index is 2.08. The van der Waals surface area contributed by atoms with Gasteiger partial charge in [0.2, 0.25) is 0 Å². The number of hydrogen-bond donors (Lipinski definition) is 1. The van der Waals surface area contributed by atoms with Crippen LogP contribution >= 0.6 is 0 Å². The summed E-state index contributed by atoms with van der Waals surface area (Å²) < 4.78 is 2.35. The largest absolute Gasteiger partial charge is 0.388 e. The van der Waals surface area contributed by atoms with E-state index in [9.17, 15) is 5.11 Å². The van der Waals surface area contributed by atoms with Crippen LogP contribution in [0.15, 0.2) is 12.3 Å². The number of nitrogens with zero attached hydrogens (tertiary/aromatic N) is 2. The molecule has 0 amide bonds. The second kappa shape index (κ2) is 5.90. The lowest BCUT2D eigenvalue weighted by atomic mass is 9.75. The van der Waals surface area contributed by atoms with Crippen LogP contribution in [0.4, 0.5) is 0 Å². The highest BCUT2D eigenvalue weighted by molar-refractivity contribution is 5.29. The highest BCUT2D eigenvalue weighted by atomic mass is 16.3. The van der Waals surface area contributed by atoms with Crippen LogP contribution in [0.3, 0.4) is 0 Å². The number of aromatic nitrogens is 1. The fourth-order valence-electron chi connectivity index (χ4n) is 3.20. The zero-order chi connectivity index (χ0) is 14.9. The number of likely N-dealkylation sites (N-methyl/N-ethyl adjacent to an activating group) is 1. The summed E-state index contributed by atoms with van der Waals surface area (Å²) in [5, 5.41) is 10.3. The molecule has 0 saturated carbocycles. The molecule has 114 valence electrons. The zero-order valence-electron chi connectivity index (χ0n) is 13.7. The van der Waals surface area contributed by atoms with Crippen molar-refractivity contribution >= 4 is 0 Å². The molecular formula is C17H30N2O. The third-order valence-electron chi connectivity index (χ3n) is 4.90. The first-order valence-corrected chi connectivity index (χ1v) is 7.90. The van der Waals surface area contributed by atoms with Gasteiger partial charge in [0.1, 0.15) is 0 Å². The third kappa shape index (κ3) is 3.26. The van der Waals surface area contributed by atoms with E-state index in [0.29, 0.717) is 6.04 Å². The van der Waals surface area contributed by atoms with Crippen molar-refractivity contribution in [3.05, 3.63) is 23.5 Å². The lowest BCUT2D eigenvalue weighted by Crippen LogP contribution is -2.32. The maximum Gasteiger partial charge on any atom is 0.0812 e. The smallest absolute Gasteiger partial charge is 0.0812 e. The SMILES string of the molecule is CCC(C)N(C)CCn1ccc2c1CC(C)(C)CC2O. The molecule has 2 unspecified atom stereocenters. The van der Waals surface area contributed by atoms with Crippen LogP contribution in [0.25, 0.3) is 0 Å². The second-order valence-corrected chi connectivity index (χ2v) is 7.21. The summed E-state index contributed by atoms with van der Waals surface area (Å²) in [7, 11) is 2.20. The Hall–Kier alpha value is -0.800. The molecule has 3 heteroatoms. The zero-order valence-corrected chi connectivity index (χ0v) is 13.7. The Bertz CT molecular complexity index is 450. The predicted molar refractivity (Wildman–Crippen MR) is 83.9 cm³/mol. The predicted octanol–water partition coefficient (Wildman–Crippen LogP) is 3.22. The quantitative estimate of drug-likeness (QED) is 0.896. The highest BCUT2D eigenvalue weighted by Gasteiger charge is 2.33. The minimum atomic E-state index is -0.290. The van der Waals surface area contributed by atoms with E-state index < -0.39 is 0 Å². The van der Waals surface area contributed by atoms with Crippen LogP contribution in [0.1, 0.15) is 57.9 Å². The van der Waals surface area contributed by atoms with E-state index >= 15 is 0 Å². The fourth-order valence-corrected chi connectivity index (χ4v) is 3.20. The maximum atomic E-state index is 10.3. The van der Waals surface area contributed by atoms with Crippen LogP contribution in [-0.2, 0) is 13.0 Å². The van der Waals surface area contributed by atoms with Gasteiger partial charge >= 0.3 is 0 Å². The van der Waals surface area contributed by atoms with Gasteiger partial charge in [-0.15, -0.1) is 0 Å². The Morgan fingerprint density at radius 2 is 2.20 bits per heavy atom. The van der Waals surface area contributed by atoms with Crippen LogP contribution in [0.2, 0.25) is 0 Å². The molecule has 3 nitrogen and oxygen atoms in total. The minimum absolute atomic E-state index is 0.200. The van der Waals surface area contributed by atoms with Gasteiger partial charge in [0, 0.05) is 36.6 Å². The summed E-state index contributed by atoms with van der Waals surface area (Å²) in [6.45, 7) is 11.1. The fraction of sp³-hybridized carbons (Fsp3) is 0.765. The van der Waals surface area contributed by atoms with E-state index in [1.54, 1.807) is 0 Å². The monoisotopic (exact) mass is 278 g/mol. The molecule has 0 bridgehead atoms. The van der Waals surface area contributed by atoms with Gasteiger partial charge in [0.15, 0.2) is 0 Å². The third-order valence-corrected chi connectivity index (χ3v) is 4.90. The van der Waals surface area contributed by atoms with Gasteiger partial charge in [-0.25, -0.2) is 0 Å². The van der Waals surface area contributed by atoms with Crippen molar-refractivity contribution in [3.8, 4) is 0 Å². The molecule has 1 N–H and O–H groups in total. The van der Waals surface area contributed by atoms with Gasteiger partial charge in [0.25, 0.3) is 0 Å². The standard InChI is InChI=1S/C17H30N2O/c1-6-13(2)18(5)9-10-19-8-7-14-15(19)11-17(3,4)12-16(14)20/h7-8,13,16,20H,6,9-12H2,1-5H3. The summed E-state index contributed by atoms with van der Waals surface area (Å²) in [5.74, 6) is 0. The van der Waals surface area contributed by atoms with Gasteiger partial charge in [-0.1, -0.05) is 20.8 Å². The number of aliphatic hydroxyl groups excluding tert-OH is 1. The molecule has 2 atom stereocenters. The lowest BCUT2D eigenvalue weighted by Gasteiger charge is -2.34. The molecule has 0 aromatic carbocycles. The first-order chi connectivity index (χ1) is 9.34. The lowest BCUT2D eigenvalue weighted by molar-refractivity contribution is 0.0976. The number of rotatable bonds is 5. The molecule has 1 aliphatic carbocycles. The Morgan fingerprint density at radius 3 is 2.85 bits per heavy atom. The van der Waals surface area contributed by atoms with Crippen molar-refractivity contribution in [1.29, 1.82) is 0 Å². The van der Waals surface area contributed by atoms with E-state index in [-0.39, 0.29) is 11.5 Å². The Kier molecular flexibility index (Phi) is 4.60. The van der Waals surface area contributed by atoms with Gasteiger partial charge in [0.05, 0.1) is 6.10 Å². The van der Waals surface area contributed by atoms with E-state index in [2.05, 4.69) is 56.5 Å². The Morgan fingerprint density at radius 1 is 1.50 bits per heavy atom. The van der Waals surface area contributed by atoms with Gasteiger partial charge in [-0.2, -0.15) is 0 Å². The molecule has 0 aliphatic heterocycles. The van der Waals surface area contributed by atoms with Gasteiger partial charge in [-0.3, -0.25) is 0 Å². The van der Waals surface area contributed by atoms with Crippen molar-refractivity contribution in [1.82, 2.24) is 9.47 Å². The molecule has 0 saturated heterocycles. The average molecular weight is 278 g/mol. The number of fused-ring (bicyclic) bond motifs is 1. The van der Waals surface area contributed by atoms with Crippen LogP contribution < -0.4 is 0 Å². The Labute approximate surface area is 123 Å². The van der Waals surface area contributed by atoms with Crippen LogP contribution in [0.5, 0.6) is 0 Å². The normalized spacial score (nSPS) is 22.9. The number of aliphatic hydroxyl groups is 1. The molecule has 1 aromatic heterocycles. The van der Waals surface area contributed by atoms with Crippen molar-refractivity contribution < 1.29 is 5.11 Å². The first-order valence-electron chi connectivity index (χ1n) is 7.90. The van der Waals surface area contributed by atoms with Crippen molar-refractivity contribution in [2.24, 2.45) is 5.41 Å². The summed E-state index contributed by atoms with van der Waals surface area (Å²) in [5.41, 5.74) is 2.69. The molecule has 1 aliphatic rings. The van der Waals surface area contributed by atoms with Gasteiger partial charge < -0.3 is 14.6 Å².